The van der Waals surface area contributed by atoms with E-state index in [1.165, 1.54) is 22.9 Å². The van der Waals surface area contributed by atoms with Crippen LogP contribution < -0.4 is 5.56 Å². The maximum absolute atomic E-state index is 14.3. The standard InChI is InChI=1S/C21H13BrF2N2O3/c22-12-4-6-17-15(8-12)18(14-2-1-7-25-20(14)27)19(21(28)29)26(17)10-11-3-5-13(23)9-16(11)24/h1-9H,10H2,(H,25,27)(H,28,29). The molecule has 0 radical (unpaired) electrons. The van der Waals surface area contributed by atoms with Crippen LogP contribution in [-0.2, 0) is 6.54 Å². The van der Waals surface area contributed by atoms with E-state index in [9.17, 15) is 23.5 Å². The third kappa shape index (κ3) is 3.36. The molecule has 8 heteroatoms. The van der Waals surface area contributed by atoms with Crippen LogP contribution in [0.3, 0.4) is 0 Å². The number of aromatic nitrogens is 2. The van der Waals surface area contributed by atoms with E-state index in [4.69, 9.17) is 0 Å². The highest BCUT2D eigenvalue weighted by Crippen LogP contribution is 2.36. The number of carbonyl (C=O) groups is 1. The van der Waals surface area contributed by atoms with Gasteiger partial charge in [0.05, 0.1) is 6.54 Å². The summed E-state index contributed by atoms with van der Waals surface area (Å²) in [5.41, 5.74) is 0.458. The Bertz CT molecular complexity index is 1330. The number of hydrogen-bond donors (Lipinski definition) is 2. The van der Waals surface area contributed by atoms with Gasteiger partial charge in [-0.1, -0.05) is 22.0 Å². The number of aromatic carboxylic acids is 1. The van der Waals surface area contributed by atoms with Crippen molar-refractivity contribution < 1.29 is 18.7 Å². The molecule has 0 bridgehead atoms. The van der Waals surface area contributed by atoms with Crippen molar-refractivity contribution in [3.8, 4) is 11.1 Å². The molecule has 0 spiro atoms. The number of carboxylic acid groups (broad SMARTS) is 1. The second-order valence-corrected chi connectivity index (χ2v) is 7.34. The van der Waals surface area contributed by atoms with Crippen LogP contribution in [-0.4, -0.2) is 20.6 Å². The average molecular weight is 459 g/mol. The Morgan fingerprint density at radius 2 is 1.93 bits per heavy atom. The third-order valence-electron chi connectivity index (χ3n) is 4.66. The molecule has 0 fully saturated rings. The van der Waals surface area contributed by atoms with Gasteiger partial charge in [0, 0.05) is 44.3 Å². The second-order valence-electron chi connectivity index (χ2n) is 6.43. The number of rotatable bonds is 4. The van der Waals surface area contributed by atoms with Crippen molar-refractivity contribution in [2.45, 2.75) is 6.54 Å². The van der Waals surface area contributed by atoms with Crippen LogP contribution in [0, 0.1) is 11.6 Å². The van der Waals surface area contributed by atoms with Gasteiger partial charge in [-0.2, -0.15) is 0 Å². The minimum Gasteiger partial charge on any atom is -0.477 e. The first-order chi connectivity index (χ1) is 13.9. The maximum atomic E-state index is 14.3. The number of H-pyrrole nitrogens is 1. The van der Waals surface area contributed by atoms with Crippen LogP contribution in [0.2, 0.25) is 0 Å². The molecule has 0 unspecified atom stereocenters. The molecule has 4 aromatic rings. The fourth-order valence-electron chi connectivity index (χ4n) is 3.42. The highest BCUT2D eigenvalue weighted by atomic mass is 79.9. The Morgan fingerprint density at radius 1 is 1.14 bits per heavy atom. The first-order valence-corrected chi connectivity index (χ1v) is 9.33. The quantitative estimate of drug-likeness (QED) is 0.461. The lowest BCUT2D eigenvalue weighted by atomic mass is 10.0. The Hall–Kier alpha value is -3.26. The molecule has 5 nitrogen and oxygen atoms in total. The molecule has 4 rings (SSSR count). The zero-order chi connectivity index (χ0) is 20.7. The minimum atomic E-state index is -1.27. The third-order valence-corrected chi connectivity index (χ3v) is 5.15. The van der Waals surface area contributed by atoms with Crippen molar-refractivity contribution in [2.24, 2.45) is 0 Å². The van der Waals surface area contributed by atoms with Gasteiger partial charge in [-0.25, -0.2) is 13.6 Å². The molecular formula is C21H13BrF2N2O3. The summed E-state index contributed by atoms with van der Waals surface area (Å²) in [4.78, 5) is 27.2. The molecule has 0 aliphatic rings. The Morgan fingerprint density at radius 3 is 2.62 bits per heavy atom. The number of halogens is 3. The normalized spacial score (nSPS) is 11.1. The fourth-order valence-corrected chi connectivity index (χ4v) is 3.79. The number of carboxylic acids is 1. The molecule has 2 N–H and O–H groups in total. The smallest absolute Gasteiger partial charge is 0.353 e. The van der Waals surface area contributed by atoms with Gasteiger partial charge in [-0.15, -0.1) is 0 Å². The molecular weight excluding hydrogens is 446 g/mol. The van der Waals surface area contributed by atoms with Crippen molar-refractivity contribution in [1.82, 2.24) is 9.55 Å². The summed E-state index contributed by atoms with van der Waals surface area (Å²) in [7, 11) is 0. The fraction of sp³-hybridized carbons (Fsp3) is 0.0476. The van der Waals surface area contributed by atoms with Gasteiger partial charge in [0.1, 0.15) is 17.3 Å². The number of hydrogen-bond acceptors (Lipinski definition) is 2. The van der Waals surface area contributed by atoms with E-state index in [1.807, 2.05) is 0 Å². The number of aromatic amines is 1. The number of fused-ring (bicyclic) bond motifs is 1. The Labute approximate surface area is 171 Å². The molecule has 0 atom stereocenters. The zero-order valence-corrected chi connectivity index (χ0v) is 16.3. The molecule has 29 heavy (non-hydrogen) atoms. The molecule has 0 aliphatic heterocycles. The van der Waals surface area contributed by atoms with Gasteiger partial charge in [-0.05, 0) is 36.4 Å². The van der Waals surface area contributed by atoms with Crippen LogP contribution >= 0.6 is 15.9 Å². The van der Waals surface area contributed by atoms with Crippen molar-refractivity contribution in [1.29, 1.82) is 0 Å². The lowest BCUT2D eigenvalue weighted by Gasteiger charge is -2.10. The lowest BCUT2D eigenvalue weighted by Crippen LogP contribution is -2.14. The second kappa shape index (κ2) is 7.29. The summed E-state index contributed by atoms with van der Waals surface area (Å²) < 4.78 is 29.7. The average Bonchev–Trinajstić information content (AvgIpc) is 2.98. The molecule has 0 amide bonds. The topological polar surface area (TPSA) is 75.1 Å². The molecule has 2 aromatic heterocycles. The van der Waals surface area contributed by atoms with E-state index in [-0.39, 0.29) is 28.9 Å². The monoisotopic (exact) mass is 458 g/mol. The van der Waals surface area contributed by atoms with Gasteiger partial charge in [0.2, 0.25) is 0 Å². The lowest BCUT2D eigenvalue weighted by molar-refractivity contribution is 0.0687. The predicted molar refractivity (Wildman–Crippen MR) is 108 cm³/mol. The number of benzene rings is 2. The van der Waals surface area contributed by atoms with Crippen LogP contribution in [0.15, 0.2) is 64.0 Å². The highest BCUT2D eigenvalue weighted by molar-refractivity contribution is 9.10. The van der Waals surface area contributed by atoms with Crippen LogP contribution in [0.1, 0.15) is 16.1 Å². The number of nitrogens with one attached hydrogen (secondary N) is 1. The molecule has 0 aliphatic carbocycles. The van der Waals surface area contributed by atoms with Gasteiger partial charge < -0.3 is 14.7 Å². The van der Waals surface area contributed by atoms with Gasteiger partial charge in [0.25, 0.3) is 5.56 Å². The predicted octanol–water partition coefficient (Wildman–Crippen LogP) is 4.78. The maximum Gasteiger partial charge on any atom is 0.353 e. The van der Waals surface area contributed by atoms with Crippen molar-refractivity contribution >= 4 is 32.8 Å². The Kier molecular flexibility index (Phi) is 4.79. The molecule has 2 heterocycles. The van der Waals surface area contributed by atoms with E-state index in [0.717, 1.165) is 12.1 Å². The van der Waals surface area contributed by atoms with Crippen LogP contribution in [0.4, 0.5) is 8.78 Å². The van der Waals surface area contributed by atoms with Gasteiger partial charge in [-0.3, -0.25) is 4.79 Å². The Balaban J connectivity index is 2.07. The van der Waals surface area contributed by atoms with Crippen molar-refractivity contribution in [2.75, 3.05) is 0 Å². The van der Waals surface area contributed by atoms with E-state index in [2.05, 4.69) is 20.9 Å². The van der Waals surface area contributed by atoms with E-state index in [0.29, 0.717) is 15.4 Å². The summed E-state index contributed by atoms with van der Waals surface area (Å²) in [5, 5.41) is 10.5. The number of pyridine rings is 1. The molecule has 0 saturated carbocycles. The van der Waals surface area contributed by atoms with Gasteiger partial charge in [0.15, 0.2) is 0 Å². The van der Waals surface area contributed by atoms with E-state index in [1.54, 1.807) is 24.3 Å². The largest absolute Gasteiger partial charge is 0.477 e. The van der Waals surface area contributed by atoms with Crippen molar-refractivity contribution in [3.05, 3.63) is 92.4 Å². The first-order valence-electron chi connectivity index (χ1n) is 8.54. The van der Waals surface area contributed by atoms with Gasteiger partial charge >= 0.3 is 5.97 Å². The van der Waals surface area contributed by atoms with Crippen LogP contribution in [0.25, 0.3) is 22.0 Å². The summed E-state index contributed by atoms with van der Waals surface area (Å²) >= 11 is 3.37. The SMILES string of the molecule is O=C(O)c1c(-c2ccc[nH]c2=O)c2cc(Br)ccc2n1Cc1ccc(F)cc1F. The summed E-state index contributed by atoms with van der Waals surface area (Å²) in [6, 6.07) is 11.4. The van der Waals surface area contributed by atoms with E-state index < -0.39 is 23.2 Å². The van der Waals surface area contributed by atoms with Crippen molar-refractivity contribution in [3.63, 3.8) is 0 Å². The molecule has 0 saturated heterocycles. The molecule has 2 aromatic carbocycles. The molecule has 146 valence electrons. The van der Waals surface area contributed by atoms with Crippen LogP contribution in [0.5, 0.6) is 0 Å². The summed E-state index contributed by atoms with van der Waals surface area (Å²) in [6.07, 6.45) is 1.45. The number of nitrogens with zero attached hydrogens (tertiary/aromatic N) is 1. The van der Waals surface area contributed by atoms with E-state index >= 15 is 0 Å². The minimum absolute atomic E-state index is 0.127. The first kappa shape index (κ1) is 19.1. The summed E-state index contributed by atoms with van der Waals surface area (Å²) in [5.74, 6) is -2.76. The highest BCUT2D eigenvalue weighted by Gasteiger charge is 2.25. The zero-order valence-electron chi connectivity index (χ0n) is 14.7. The summed E-state index contributed by atoms with van der Waals surface area (Å²) in [6.45, 7) is -0.142.